The van der Waals surface area contributed by atoms with Crippen molar-refractivity contribution < 1.29 is 13.5 Å². The summed E-state index contributed by atoms with van der Waals surface area (Å²) in [5, 5.41) is 18.4. The second-order valence-corrected chi connectivity index (χ2v) is 6.02. The van der Waals surface area contributed by atoms with E-state index in [0.29, 0.717) is 5.02 Å². The molecule has 7 heteroatoms. The highest BCUT2D eigenvalue weighted by Crippen LogP contribution is 2.24. The van der Waals surface area contributed by atoms with Crippen LogP contribution in [0.3, 0.4) is 0 Å². The number of halogens is 1. The van der Waals surface area contributed by atoms with Crippen molar-refractivity contribution in [3.63, 3.8) is 0 Å². The van der Waals surface area contributed by atoms with Crippen LogP contribution in [0, 0.1) is 11.3 Å². The predicted molar refractivity (Wildman–Crippen MR) is 75.1 cm³/mol. The van der Waals surface area contributed by atoms with Crippen molar-refractivity contribution in [1.82, 2.24) is 0 Å². The molecule has 0 fully saturated rings. The van der Waals surface area contributed by atoms with E-state index in [4.69, 9.17) is 22.0 Å². The number of rotatable bonds is 3. The Labute approximate surface area is 121 Å². The number of phenolic OH excluding ortho intramolecular Hbond substituents is 1. The van der Waals surface area contributed by atoms with Crippen molar-refractivity contribution >= 4 is 27.3 Å². The SMILES string of the molecule is N#Cc1ccc(Cl)cc1NS(=O)(=O)c1ccc(O)cc1. The van der Waals surface area contributed by atoms with Crippen LogP contribution in [0.2, 0.25) is 5.02 Å². The number of anilines is 1. The molecular formula is C13H9ClN2O3S. The molecule has 0 unspecified atom stereocenters. The van der Waals surface area contributed by atoms with Gasteiger partial charge in [-0.2, -0.15) is 5.26 Å². The zero-order valence-corrected chi connectivity index (χ0v) is 11.6. The molecule has 0 spiro atoms. The Bertz CT molecular complexity index is 780. The van der Waals surface area contributed by atoms with Gasteiger partial charge in [0, 0.05) is 5.02 Å². The Hall–Kier alpha value is -2.23. The van der Waals surface area contributed by atoms with Gasteiger partial charge in [0.2, 0.25) is 0 Å². The first-order valence-electron chi connectivity index (χ1n) is 5.44. The van der Waals surface area contributed by atoms with E-state index in [2.05, 4.69) is 4.72 Å². The number of aromatic hydroxyl groups is 1. The molecule has 0 radical (unpaired) electrons. The maximum Gasteiger partial charge on any atom is 0.261 e. The summed E-state index contributed by atoms with van der Waals surface area (Å²) in [6.45, 7) is 0. The molecule has 2 N–H and O–H groups in total. The molecule has 5 nitrogen and oxygen atoms in total. The van der Waals surface area contributed by atoms with E-state index in [9.17, 15) is 8.42 Å². The van der Waals surface area contributed by atoms with Gasteiger partial charge in [-0.25, -0.2) is 8.42 Å². The minimum atomic E-state index is -3.85. The summed E-state index contributed by atoms with van der Waals surface area (Å²) in [7, 11) is -3.85. The summed E-state index contributed by atoms with van der Waals surface area (Å²) >= 11 is 5.79. The molecule has 0 amide bonds. The van der Waals surface area contributed by atoms with Crippen LogP contribution in [0.1, 0.15) is 5.56 Å². The molecule has 0 aromatic heterocycles. The van der Waals surface area contributed by atoms with E-state index in [-0.39, 0.29) is 21.9 Å². The third kappa shape index (κ3) is 3.02. The van der Waals surface area contributed by atoms with Crippen LogP contribution in [-0.4, -0.2) is 13.5 Å². The maximum absolute atomic E-state index is 12.1. The van der Waals surface area contributed by atoms with Gasteiger partial charge in [-0.3, -0.25) is 4.72 Å². The molecule has 20 heavy (non-hydrogen) atoms. The zero-order valence-electron chi connectivity index (χ0n) is 10.0. The van der Waals surface area contributed by atoms with Crippen LogP contribution in [0.25, 0.3) is 0 Å². The van der Waals surface area contributed by atoms with Gasteiger partial charge in [-0.1, -0.05) is 11.6 Å². The lowest BCUT2D eigenvalue weighted by molar-refractivity contribution is 0.475. The number of nitrogens with zero attached hydrogens (tertiary/aromatic N) is 1. The summed E-state index contributed by atoms with van der Waals surface area (Å²) in [6, 6.07) is 11.2. The lowest BCUT2D eigenvalue weighted by Gasteiger charge is -2.09. The highest BCUT2D eigenvalue weighted by atomic mass is 35.5. The van der Waals surface area contributed by atoms with Gasteiger partial charge >= 0.3 is 0 Å². The van der Waals surface area contributed by atoms with E-state index in [1.807, 2.05) is 6.07 Å². The Kier molecular flexibility index (Phi) is 3.84. The first kappa shape index (κ1) is 14.2. The molecule has 0 aliphatic rings. The lowest BCUT2D eigenvalue weighted by atomic mass is 10.2. The maximum atomic E-state index is 12.1. The fraction of sp³-hybridized carbons (Fsp3) is 0. The van der Waals surface area contributed by atoms with Crippen LogP contribution >= 0.6 is 11.6 Å². The lowest BCUT2D eigenvalue weighted by Crippen LogP contribution is -2.13. The topological polar surface area (TPSA) is 90.2 Å². The Morgan fingerprint density at radius 1 is 1.15 bits per heavy atom. The number of hydrogen-bond acceptors (Lipinski definition) is 4. The summed E-state index contributed by atoms with van der Waals surface area (Å²) in [4.78, 5) is -0.0286. The number of sulfonamides is 1. The molecule has 2 rings (SSSR count). The first-order chi connectivity index (χ1) is 9.42. The summed E-state index contributed by atoms with van der Waals surface area (Å²) in [5.74, 6) is -0.0376. The van der Waals surface area contributed by atoms with Gasteiger partial charge in [-0.15, -0.1) is 0 Å². The average molecular weight is 309 g/mol. The standard InChI is InChI=1S/C13H9ClN2O3S/c14-10-2-1-9(8-15)13(7-10)16-20(18,19)12-5-3-11(17)4-6-12/h1-7,16-17H. The van der Waals surface area contributed by atoms with Gasteiger partial charge < -0.3 is 5.11 Å². The molecule has 102 valence electrons. The molecule has 0 saturated heterocycles. The van der Waals surface area contributed by atoms with Crippen molar-refractivity contribution in [2.75, 3.05) is 4.72 Å². The summed E-state index contributed by atoms with van der Waals surface area (Å²) < 4.78 is 26.6. The van der Waals surface area contributed by atoms with Gasteiger partial charge in [0.25, 0.3) is 10.0 Å². The molecule has 0 heterocycles. The van der Waals surface area contributed by atoms with Crippen molar-refractivity contribution in [2.24, 2.45) is 0 Å². The highest BCUT2D eigenvalue weighted by molar-refractivity contribution is 7.92. The largest absolute Gasteiger partial charge is 0.508 e. The van der Waals surface area contributed by atoms with Gasteiger partial charge in [0.05, 0.1) is 16.1 Å². The monoisotopic (exact) mass is 308 g/mol. The minimum absolute atomic E-state index is 0.0286. The molecule has 0 bridgehead atoms. The van der Waals surface area contributed by atoms with E-state index in [1.165, 1.54) is 42.5 Å². The third-order valence-electron chi connectivity index (χ3n) is 2.49. The van der Waals surface area contributed by atoms with Crippen molar-refractivity contribution in [2.45, 2.75) is 4.90 Å². The minimum Gasteiger partial charge on any atom is -0.508 e. The molecule has 0 aliphatic carbocycles. The quantitative estimate of drug-likeness (QED) is 0.912. The van der Waals surface area contributed by atoms with Crippen LogP contribution in [0.15, 0.2) is 47.4 Å². The number of benzene rings is 2. The van der Waals surface area contributed by atoms with Crippen molar-refractivity contribution in [3.8, 4) is 11.8 Å². The first-order valence-corrected chi connectivity index (χ1v) is 7.30. The molecular weight excluding hydrogens is 300 g/mol. The summed E-state index contributed by atoms with van der Waals surface area (Å²) in [5.41, 5.74) is 0.268. The van der Waals surface area contributed by atoms with Crippen LogP contribution < -0.4 is 4.72 Å². The summed E-state index contributed by atoms with van der Waals surface area (Å²) in [6.07, 6.45) is 0. The smallest absolute Gasteiger partial charge is 0.261 e. The molecule has 0 saturated carbocycles. The van der Waals surface area contributed by atoms with E-state index in [1.54, 1.807) is 0 Å². The van der Waals surface area contributed by atoms with E-state index in [0.717, 1.165) is 0 Å². The fourth-order valence-electron chi connectivity index (χ4n) is 1.53. The van der Waals surface area contributed by atoms with Crippen LogP contribution in [0.4, 0.5) is 5.69 Å². The molecule has 0 atom stereocenters. The molecule has 0 aliphatic heterocycles. The van der Waals surface area contributed by atoms with E-state index < -0.39 is 10.0 Å². The Morgan fingerprint density at radius 2 is 1.80 bits per heavy atom. The van der Waals surface area contributed by atoms with Gasteiger partial charge in [0.15, 0.2) is 0 Å². The predicted octanol–water partition coefficient (Wildman–Crippen LogP) is 2.72. The van der Waals surface area contributed by atoms with Gasteiger partial charge in [-0.05, 0) is 42.5 Å². The van der Waals surface area contributed by atoms with Crippen LogP contribution in [-0.2, 0) is 10.0 Å². The second kappa shape index (κ2) is 5.41. The third-order valence-corrected chi connectivity index (χ3v) is 4.11. The normalized spacial score (nSPS) is 10.8. The number of nitriles is 1. The van der Waals surface area contributed by atoms with Crippen molar-refractivity contribution in [1.29, 1.82) is 5.26 Å². The molecule has 2 aromatic carbocycles. The number of phenols is 1. The van der Waals surface area contributed by atoms with E-state index >= 15 is 0 Å². The average Bonchev–Trinajstić information content (AvgIpc) is 2.39. The number of nitrogens with one attached hydrogen (secondary N) is 1. The molecule has 2 aromatic rings. The van der Waals surface area contributed by atoms with Crippen molar-refractivity contribution in [3.05, 3.63) is 53.1 Å². The highest BCUT2D eigenvalue weighted by Gasteiger charge is 2.16. The Balaban J connectivity index is 2.41. The van der Waals surface area contributed by atoms with Gasteiger partial charge in [0.1, 0.15) is 11.8 Å². The van der Waals surface area contributed by atoms with Crippen LogP contribution in [0.5, 0.6) is 5.75 Å². The second-order valence-electron chi connectivity index (χ2n) is 3.90. The Morgan fingerprint density at radius 3 is 2.40 bits per heavy atom. The zero-order chi connectivity index (χ0) is 14.8. The number of hydrogen-bond donors (Lipinski definition) is 2. The fourth-order valence-corrected chi connectivity index (χ4v) is 2.77.